The van der Waals surface area contributed by atoms with E-state index in [0.717, 1.165) is 6.61 Å². The summed E-state index contributed by atoms with van der Waals surface area (Å²) >= 11 is 2.16. The van der Waals surface area contributed by atoms with Crippen LogP contribution in [0.1, 0.15) is 11.2 Å². The summed E-state index contributed by atoms with van der Waals surface area (Å²) in [6.45, 7) is 2.72. The molecule has 0 saturated heterocycles. The van der Waals surface area contributed by atoms with Crippen LogP contribution in [0.4, 0.5) is 0 Å². The van der Waals surface area contributed by atoms with E-state index >= 15 is 0 Å². The van der Waals surface area contributed by atoms with Crippen molar-refractivity contribution in [3.63, 3.8) is 0 Å². The maximum Gasteiger partial charge on any atom is 1.00 e. The molecule has 0 aromatic carbocycles. The van der Waals surface area contributed by atoms with Gasteiger partial charge in [0, 0.05) is 0 Å². The summed E-state index contributed by atoms with van der Waals surface area (Å²) in [5.74, 6) is 0. The Labute approximate surface area is 57.5 Å². The van der Waals surface area contributed by atoms with Gasteiger partial charge in [-0.2, -0.15) is 0 Å². The smallest absolute Gasteiger partial charge is 1.00 e. The molecule has 0 bridgehead atoms. The Bertz CT molecular complexity index is 19.2. The first kappa shape index (κ1) is 9.43. The predicted molar refractivity (Wildman–Crippen MR) is 20.7 cm³/mol. The molecule has 0 aliphatic rings. The van der Waals surface area contributed by atoms with Gasteiger partial charge in [0.25, 0.3) is 0 Å². The van der Waals surface area contributed by atoms with E-state index in [4.69, 9.17) is 0 Å². The molecular weight excluding hydrogens is 73.9 g/mol. The van der Waals surface area contributed by atoms with Crippen LogP contribution in [0, 0.1) is 0 Å². The molecule has 1 nitrogen and oxygen atoms in total. The Morgan fingerprint density at radius 3 is 2.20 bits per heavy atom. The molecule has 0 radical (unpaired) electrons. The van der Waals surface area contributed by atoms with Crippen molar-refractivity contribution in [1.82, 2.24) is 0 Å². The molecule has 0 spiro atoms. The molecule has 0 heterocycles. The van der Waals surface area contributed by atoms with Crippen molar-refractivity contribution in [2.75, 3.05) is 6.61 Å². The van der Waals surface area contributed by atoms with Crippen molar-refractivity contribution in [3.8, 4) is 0 Å². The maximum absolute atomic E-state index is 4.46. The van der Waals surface area contributed by atoms with Crippen LogP contribution < -0.4 is 18.9 Å². The van der Waals surface area contributed by atoms with Crippen LogP contribution >= 0.6 is 0 Å². The Morgan fingerprint density at radius 2 is 2.20 bits per heavy atom. The third-order valence-corrected chi connectivity index (χ3v) is 0.500. The minimum absolute atomic E-state index is 0. The third kappa shape index (κ3) is 11.1. The van der Waals surface area contributed by atoms with E-state index in [1.807, 2.05) is 6.92 Å². The van der Waals surface area contributed by atoms with Crippen LogP contribution in [0.2, 0.25) is 0 Å². The van der Waals surface area contributed by atoms with Crippen molar-refractivity contribution < 1.29 is 26.9 Å². The van der Waals surface area contributed by atoms with Gasteiger partial charge < -0.3 is 4.28 Å². The first-order valence-electron chi connectivity index (χ1n) is 1.23. The van der Waals surface area contributed by atoms with Gasteiger partial charge in [0.2, 0.25) is 0 Å². The van der Waals surface area contributed by atoms with E-state index in [-0.39, 0.29) is 23.1 Å². The molecule has 0 aliphatic heterocycles. The summed E-state index contributed by atoms with van der Waals surface area (Å²) in [6, 6.07) is 0. The second-order valence-corrected chi connectivity index (χ2v) is 0.789. The van der Waals surface area contributed by atoms with Gasteiger partial charge in [-0.3, -0.25) is 0 Å². The van der Waals surface area contributed by atoms with E-state index < -0.39 is 0 Å². The summed E-state index contributed by atoms with van der Waals surface area (Å²) in [7, 11) is 0. The van der Waals surface area contributed by atoms with Gasteiger partial charge in [0.05, 0.1) is 0 Å². The van der Waals surface area contributed by atoms with Crippen LogP contribution in [0.3, 0.4) is 0 Å². The van der Waals surface area contributed by atoms with Gasteiger partial charge in [-0.05, 0) is 0 Å². The topological polar surface area (TPSA) is 9.23 Å². The predicted octanol–water partition coefficient (Wildman–Crippen LogP) is -2.55. The van der Waals surface area contributed by atoms with E-state index in [1.165, 1.54) is 0 Å². The molecule has 0 aromatic heterocycles. The molecule has 0 aromatic rings. The first-order valence-corrected chi connectivity index (χ1v) is 1.70. The average Bonchev–Trinajstić information content (AvgIpc) is 1.37. The molecule has 0 amide bonds. The second kappa shape index (κ2) is 8.92. The first-order chi connectivity index (χ1) is 1.91. The molecule has 26 valence electrons. The zero-order valence-corrected chi connectivity index (χ0v) is 4.85. The van der Waals surface area contributed by atoms with Crippen LogP contribution in [0.15, 0.2) is 0 Å². The van der Waals surface area contributed by atoms with Crippen molar-refractivity contribution in [1.29, 1.82) is 0 Å². The van der Waals surface area contributed by atoms with Crippen LogP contribution in [-0.4, -0.2) is 23.2 Å². The molecule has 0 fully saturated rings. The number of rotatable bonds is 1. The number of hydrogen-bond acceptors (Lipinski definition) is 1. The fraction of sp³-hybridized carbons (Fsp3) is 1.00. The number of hydrogen-bond donors (Lipinski definition) is 0. The van der Waals surface area contributed by atoms with Crippen molar-refractivity contribution in [2.24, 2.45) is 0 Å². The SMILES string of the molecule is CC[O][Al+2].[H-].[H-].[H-].[Li+]. The van der Waals surface area contributed by atoms with Crippen molar-refractivity contribution >= 4 is 16.6 Å². The summed E-state index contributed by atoms with van der Waals surface area (Å²) in [6.07, 6.45) is 0. The fourth-order valence-electron chi connectivity index (χ4n) is 0. The summed E-state index contributed by atoms with van der Waals surface area (Å²) in [5.41, 5.74) is 0. The van der Waals surface area contributed by atoms with Crippen LogP contribution in [0.25, 0.3) is 0 Å². The van der Waals surface area contributed by atoms with Gasteiger partial charge >= 0.3 is 52.8 Å². The molecule has 0 rings (SSSR count). The third-order valence-electron chi connectivity index (χ3n) is 0.167. The van der Waals surface area contributed by atoms with Crippen LogP contribution in [0.5, 0.6) is 0 Å². The largest absolute Gasteiger partial charge is 1.00 e. The molecule has 5 heavy (non-hydrogen) atoms. The van der Waals surface area contributed by atoms with E-state index in [2.05, 4.69) is 20.4 Å². The van der Waals surface area contributed by atoms with Gasteiger partial charge in [-0.25, -0.2) is 0 Å². The van der Waals surface area contributed by atoms with Gasteiger partial charge in [0.1, 0.15) is 0 Å². The maximum atomic E-state index is 4.46. The van der Waals surface area contributed by atoms with E-state index in [1.54, 1.807) is 0 Å². The Balaban J connectivity index is -0.00000000750. The molecule has 3 heteroatoms. The van der Waals surface area contributed by atoms with Crippen molar-refractivity contribution in [2.45, 2.75) is 6.92 Å². The molecule has 0 aliphatic carbocycles. The van der Waals surface area contributed by atoms with Crippen LogP contribution in [-0.2, 0) is 3.79 Å². The fourth-order valence-corrected chi connectivity index (χ4v) is 0. The Hall–Kier alpha value is 1.09. The minimum Gasteiger partial charge on any atom is -1.00 e. The zero-order chi connectivity index (χ0) is 3.41. The zero-order valence-electron chi connectivity index (χ0n) is 6.69. The van der Waals surface area contributed by atoms with Gasteiger partial charge in [-0.1, -0.05) is 0 Å². The molecule has 0 saturated carbocycles. The molecule has 0 atom stereocenters. The molecule has 0 unspecified atom stereocenters. The average molecular weight is 82.0 g/mol. The van der Waals surface area contributed by atoms with Gasteiger partial charge in [0.15, 0.2) is 0 Å². The molecule has 0 N–H and O–H groups in total. The Morgan fingerprint density at radius 1 is 2.00 bits per heavy atom. The van der Waals surface area contributed by atoms with E-state index in [9.17, 15) is 0 Å². The quantitative estimate of drug-likeness (QED) is 0.316. The minimum atomic E-state index is 0. The monoisotopic (exact) mass is 82.1 g/mol. The van der Waals surface area contributed by atoms with Gasteiger partial charge in [-0.15, -0.1) is 0 Å². The standard InChI is InChI=1S/C2H5O.Al.Li.3H/c1-2-3;;;;;/h2H2,1H3;;;;;/q-1;+3;+1;3*-1. The van der Waals surface area contributed by atoms with E-state index in [0.29, 0.717) is 0 Å². The second-order valence-electron chi connectivity index (χ2n) is 0.455. The molecular formula is C2H8AlLiO. The summed E-state index contributed by atoms with van der Waals surface area (Å²) < 4.78 is 4.46. The normalized spacial score (nSPS) is 6.20. The summed E-state index contributed by atoms with van der Waals surface area (Å²) in [4.78, 5) is 0. The summed E-state index contributed by atoms with van der Waals surface area (Å²) in [5, 5.41) is 0. The van der Waals surface area contributed by atoms with Crippen molar-refractivity contribution in [3.05, 3.63) is 0 Å². The Kier molecular flexibility index (Phi) is 16.8.